The predicted octanol–water partition coefficient (Wildman–Crippen LogP) is 2.29. The molecule has 0 bridgehead atoms. The van der Waals surface area contributed by atoms with Gasteiger partial charge in [0.2, 0.25) is 0 Å². The number of hydrogen-bond donors (Lipinski definition) is 1. The molecule has 3 nitrogen and oxygen atoms in total. The van der Waals surface area contributed by atoms with Crippen molar-refractivity contribution in [3.8, 4) is 0 Å². The summed E-state index contributed by atoms with van der Waals surface area (Å²) in [6, 6.07) is 2.87. The minimum Gasteiger partial charge on any atom is -0.365 e. The van der Waals surface area contributed by atoms with Gasteiger partial charge in [-0.15, -0.1) is 0 Å². The minimum absolute atomic E-state index is 0.317. The van der Waals surface area contributed by atoms with Crippen molar-refractivity contribution in [3.05, 3.63) is 24.0 Å². The molecule has 2 heterocycles. The Morgan fingerprint density at radius 1 is 1.44 bits per heavy atom. The van der Waals surface area contributed by atoms with Gasteiger partial charge in [0.1, 0.15) is 5.69 Å². The van der Waals surface area contributed by atoms with Crippen LogP contribution in [0.4, 0.5) is 18.9 Å². The summed E-state index contributed by atoms with van der Waals surface area (Å²) in [5, 5.41) is 3.28. The fourth-order valence-corrected chi connectivity index (χ4v) is 2.19. The van der Waals surface area contributed by atoms with Gasteiger partial charge in [0, 0.05) is 25.7 Å². The molecule has 1 N–H and O–H groups in total. The molecule has 100 valence electrons. The lowest BCUT2D eigenvalue weighted by Gasteiger charge is -2.37. The van der Waals surface area contributed by atoms with E-state index in [1.54, 1.807) is 0 Å². The van der Waals surface area contributed by atoms with E-state index in [1.165, 1.54) is 12.3 Å². The van der Waals surface area contributed by atoms with Crippen LogP contribution in [0.5, 0.6) is 0 Å². The van der Waals surface area contributed by atoms with Crippen LogP contribution in [-0.2, 0) is 6.18 Å². The first kappa shape index (κ1) is 13.1. The van der Waals surface area contributed by atoms with Crippen molar-refractivity contribution in [1.82, 2.24) is 10.3 Å². The van der Waals surface area contributed by atoms with Crippen molar-refractivity contribution < 1.29 is 13.2 Å². The summed E-state index contributed by atoms with van der Waals surface area (Å²) >= 11 is 0. The van der Waals surface area contributed by atoms with Crippen molar-refractivity contribution in [1.29, 1.82) is 0 Å². The maximum Gasteiger partial charge on any atom is 0.433 e. The van der Waals surface area contributed by atoms with E-state index in [4.69, 9.17) is 0 Å². The van der Waals surface area contributed by atoms with Gasteiger partial charge in [-0.25, -0.2) is 4.98 Å². The normalized spacial score (nSPS) is 21.1. The van der Waals surface area contributed by atoms with Crippen LogP contribution in [0.2, 0.25) is 0 Å². The second kappa shape index (κ2) is 5.14. The Morgan fingerprint density at radius 3 is 2.78 bits per heavy atom. The van der Waals surface area contributed by atoms with Gasteiger partial charge in [-0.3, -0.25) is 0 Å². The molecule has 1 atom stereocenters. The van der Waals surface area contributed by atoms with Crippen LogP contribution < -0.4 is 10.2 Å². The number of rotatable bonds is 2. The summed E-state index contributed by atoms with van der Waals surface area (Å²) < 4.78 is 37.3. The number of aromatic nitrogens is 1. The number of piperazine rings is 1. The van der Waals surface area contributed by atoms with Gasteiger partial charge in [0.05, 0.1) is 11.9 Å². The number of nitrogens with zero attached hydrogens (tertiary/aromatic N) is 2. The zero-order chi connectivity index (χ0) is 13.2. The van der Waals surface area contributed by atoms with E-state index in [-0.39, 0.29) is 0 Å². The molecule has 0 radical (unpaired) electrons. The van der Waals surface area contributed by atoms with E-state index in [1.807, 2.05) is 0 Å². The Balaban J connectivity index is 2.18. The molecule has 0 saturated carbocycles. The Kier molecular flexibility index (Phi) is 3.75. The van der Waals surface area contributed by atoms with Crippen molar-refractivity contribution >= 4 is 5.69 Å². The fraction of sp³-hybridized carbons (Fsp3) is 0.583. The van der Waals surface area contributed by atoms with E-state index < -0.39 is 11.9 Å². The molecule has 1 aliphatic rings. The van der Waals surface area contributed by atoms with Crippen molar-refractivity contribution in [3.63, 3.8) is 0 Å². The van der Waals surface area contributed by atoms with Crippen LogP contribution in [0.1, 0.15) is 19.0 Å². The molecule has 0 aliphatic carbocycles. The highest BCUT2D eigenvalue weighted by Gasteiger charge is 2.32. The molecule has 2 rings (SSSR count). The predicted molar refractivity (Wildman–Crippen MR) is 63.5 cm³/mol. The van der Waals surface area contributed by atoms with Crippen LogP contribution in [0.15, 0.2) is 18.3 Å². The second-order valence-corrected chi connectivity index (χ2v) is 4.36. The van der Waals surface area contributed by atoms with E-state index >= 15 is 0 Å². The highest BCUT2D eigenvalue weighted by atomic mass is 19.4. The first-order valence-corrected chi connectivity index (χ1v) is 6.03. The molecule has 1 aromatic rings. The Bertz CT molecular complexity index is 389. The lowest BCUT2D eigenvalue weighted by atomic mass is 10.1. The zero-order valence-electron chi connectivity index (χ0n) is 10.2. The van der Waals surface area contributed by atoms with E-state index in [2.05, 4.69) is 22.1 Å². The SMILES string of the molecule is CCC1CNCCN1c1ccc(C(F)(F)F)nc1. The molecule has 1 aliphatic heterocycles. The van der Waals surface area contributed by atoms with Gasteiger partial charge in [0.25, 0.3) is 0 Å². The average molecular weight is 259 g/mol. The Morgan fingerprint density at radius 2 is 2.22 bits per heavy atom. The number of hydrogen-bond acceptors (Lipinski definition) is 3. The van der Waals surface area contributed by atoms with Crippen LogP contribution in [0.3, 0.4) is 0 Å². The number of alkyl halides is 3. The van der Waals surface area contributed by atoms with Crippen molar-refractivity contribution in [2.75, 3.05) is 24.5 Å². The molecule has 0 aromatic carbocycles. The summed E-state index contributed by atoms with van der Waals surface area (Å²) in [4.78, 5) is 5.62. The molecular weight excluding hydrogens is 243 g/mol. The molecule has 0 amide bonds. The number of anilines is 1. The standard InChI is InChI=1S/C12H16F3N3/c1-2-9-7-16-5-6-18(9)10-3-4-11(17-8-10)12(13,14)15/h3-4,8-9,16H,2,5-7H2,1H3. The third-order valence-electron chi connectivity index (χ3n) is 3.19. The van der Waals surface area contributed by atoms with E-state index in [9.17, 15) is 13.2 Å². The van der Waals surface area contributed by atoms with Crippen molar-refractivity contribution in [2.24, 2.45) is 0 Å². The van der Waals surface area contributed by atoms with E-state index in [0.717, 1.165) is 37.8 Å². The van der Waals surface area contributed by atoms with Crippen LogP contribution >= 0.6 is 0 Å². The van der Waals surface area contributed by atoms with Gasteiger partial charge < -0.3 is 10.2 Å². The molecule has 6 heteroatoms. The maximum absolute atomic E-state index is 12.4. The van der Waals surface area contributed by atoms with E-state index in [0.29, 0.717) is 6.04 Å². The third-order valence-corrected chi connectivity index (χ3v) is 3.19. The Labute approximate surface area is 104 Å². The number of pyridine rings is 1. The van der Waals surface area contributed by atoms with Crippen molar-refractivity contribution in [2.45, 2.75) is 25.6 Å². The molecular formula is C12H16F3N3. The van der Waals surface area contributed by atoms with Gasteiger partial charge in [-0.2, -0.15) is 13.2 Å². The van der Waals surface area contributed by atoms with Gasteiger partial charge in [-0.1, -0.05) is 6.92 Å². The molecule has 18 heavy (non-hydrogen) atoms. The first-order valence-electron chi connectivity index (χ1n) is 6.03. The number of nitrogens with one attached hydrogen (secondary N) is 1. The highest BCUT2D eigenvalue weighted by molar-refractivity contribution is 5.46. The van der Waals surface area contributed by atoms with Gasteiger partial charge in [-0.05, 0) is 18.6 Å². The third kappa shape index (κ3) is 2.75. The van der Waals surface area contributed by atoms with Crippen LogP contribution in [-0.4, -0.2) is 30.7 Å². The van der Waals surface area contributed by atoms with Crippen LogP contribution in [0, 0.1) is 0 Å². The molecule has 0 spiro atoms. The minimum atomic E-state index is -4.37. The van der Waals surface area contributed by atoms with Gasteiger partial charge >= 0.3 is 6.18 Å². The molecule has 1 saturated heterocycles. The second-order valence-electron chi connectivity index (χ2n) is 4.36. The summed E-state index contributed by atoms with van der Waals surface area (Å²) in [6.45, 7) is 4.57. The Hall–Kier alpha value is -1.30. The molecule has 1 fully saturated rings. The maximum atomic E-state index is 12.4. The average Bonchev–Trinajstić information content (AvgIpc) is 2.38. The zero-order valence-corrected chi connectivity index (χ0v) is 10.2. The smallest absolute Gasteiger partial charge is 0.365 e. The van der Waals surface area contributed by atoms with Crippen LogP contribution in [0.25, 0.3) is 0 Å². The summed E-state index contributed by atoms with van der Waals surface area (Å²) in [7, 11) is 0. The molecule has 1 aromatic heterocycles. The van der Waals surface area contributed by atoms with Gasteiger partial charge in [0.15, 0.2) is 0 Å². The summed E-state index contributed by atoms with van der Waals surface area (Å²) in [5.74, 6) is 0. The topological polar surface area (TPSA) is 28.2 Å². The largest absolute Gasteiger partial charge is 0.433 e. The monoisotopic (exact) mass is 259 g/mol. The summed E-state index contributed by atoms with van der Waals surface area (Å²) in [6.07, 6.45) is -2.10. The first-order chi connectivity index (χ1) is 8.52. The lowest BCUT2D eigenvalue weighted by molar-refractivity contribution is -0.141. The summed E-state index contributed by atoms with van der Waals surface area (Å²) in [5.41, 5.74) is -0.0780. The fourth-order valence-electron chi connectivity index (χ4n) is 2.19. The lowest BCUT2D eigenvalue weighted by Crippen LogP contribution is -2.51. The number of halogens is 3. The quantitative estimate of drug-likeness (QED) is 0.883. The molecule has 1 unspecified atom stereocenters. The highest BCUT2D eigenvalue weighted by Crippen LogP contribution is 2.29.